The fourth-order valence-corrected chi connectivity index (χ4v) is 1.19. The molecule has 1 amide bonds. The van der Waals surface area contributed by atoms with Gasteiger partial charge in [-0.3, -0.25) is 9.59 Å². The third-order valence-corrected chi connectivity index (χ3v) is 2.35. The van der Waals surface area contributed by atoms with Gasteiger partial charge in [-0.2, -0.15) is 18.4 Å². The maximum atomic E-state index is 11.5. The number of hydrogen-bond donors (Lipinski definition) is 3. The van der Waals surface area contributed by atoms with Crippen LogP contribution >= 0.6 is 0 Å². The van der Waals surface area contributed by atoms with Crippen LogP contribution in [0.1, 0.15) is 23.2 Å². The van der Waals surface area contributed by atoms with E-state index in [0.717, 1.165) is 0 Å². The summed E-state index contributed by atoms with van der Waals surface area (Å²) in [4.78, 5) is 30.8. The first-order chi connectivity index (χ1) is 11.6. The van der Waals surface area contributed by atoms with Gasteiger partial charge in [0.05, 0.1) is 18.1 Å². The van der Waals surface area contributed by atoms with Crippen molar-refractivity contribution in [3.05, 3.63) is 24.0 Å². The summed E-state index contributed by atoms with van der Waals surface area (Å²) in [6.45, 7) is 0.551. The number of hydrogen-bond acceptors (Lipinski definition) is 5. The molecule has 0 unspecified atom stereocenters. The summed E-state index contributed by atoms with van der Waals surface area (Å²) in [7, 11) is 0. The second-order valence-corrected chi connectivity index (χ2v) is 4.29. The summed E-state index contributed by atoms with van der Waals surface area (Å²) in [6, 6.07) is 3.47. The smallest absolute Gasteiger partial charge is 0.481 e. The highest BCUT2D eigenvalue weighted by Crippen LogP contribution is 2.13. The number of carbonyl (C=O) groups is 3. The maximum absolute atomic E-state index is 11.5. The lowest BCUT2D eigenvalue weighted by atomic mass is 10.3. The van der Waals surface area contributed by atoms with Gasteiger partial charge >= 0.3 is 18.1 Å². The quantitative estimate of drug-likeness (QED) is 0.481. The van der Waals surface area contributed by atoms with Crippen LogP contribution in [0.25, 0.3) is 0 Å². The average molecular weight is 363 g/mol. The molecule has 0 saturated heterocycles. The number of carboxylic acid groups (broad SMARTS) is 2. The Labute approximate surface area is 139 Å². The van der Waals surface area contributed by atoms with E-state index in [9.17, 15) is 22.8 Å². The van der Waals surface area contributed by atoms with Crippen molar-refractivity contribution in [1.82, 2.24) is 10.4 Å². The minimum atomic E-state index is -5.08. The molecule has 0 fully saturated rings. The van der Waals surface area contributed by atoms with E-state index in [4.69, 9.17) is 20.3 Å². The van der Waals surface area contributed by atoms with Gasteiger partial charge in [-0.15, -0.1) is 0 Å². The molecule has 1 aromatic rings. The molecule has 0 radical (unpaired) electrons. The van der Waals surface area contributed by atoms with Gasteiger partial charge in [0.1, 0.15) is 12.6 Å². The number of aryl methyl sites for hydroxylation is 1. The standard InChI is InChI=1S/C11H12N4O3.C2HF3O2/c12-4-1-5-13-11(18)9-2-6-15(14-8-9)7-3-10(16)17;3-2(4,5)1(6)7/h2,6,8H,1,3,5,7H2,(H-,13,16,17,18);(H,6,7)/p+1. The summed E-state index contributed by atoms with van der Waals surface area (Å²) in [6.07, 6.45) is -1.94. The minimum absolute atomic E-state index is 0.0224. The molecule has 0 aliphatic carbocycles. The molecule has 0 atom stereocenters. The summed E-state index contributed by atoms with van der Waals surface area (Å²) < 4.78 is 33.2. The van der Waals surface area contributed by atoms with E-state index in [1.807, 2.05) is 6.07 Å². The lowest BCUT2D eigenvalue weighted by Gasteiger charge is -2.00. The van der Waals surface area contributed by atoms with E-state index >= 15 is 0 Å². The third kappa shape index (κ3) is 10.2. The Hall–Kier alpha value is -3.23. The van der Waals surface area contributed by atoms with Crippen molar-refractivity contribution >= 4 is 17.8 Å². The number of alkyl halides is 3. The molecule has 0 aliphatic rings. The van der Waals surface area contributed by atoms with Gasteiger partial charge in [0.25, 0.3) is 5.91 Å². The van der Waals surface area contributed by atoms with Gasteiger partial charge in [-0.25, -0.2) is 4.79 Å². The number of carbonyl (C=O) groups excluding carboxylic acids is 1. The number of nitrogens with one attached hydrogen (secondary N) is 1. The van der Waals surface area contributed by atoms with Gasteiger partial charge in [-0.1, -0.05) is 4.68 Å². The van der Waals surface area contributed by atoms with Gasteiger partial charge in [0.2, 0.25) is 0 Å². The van der Waals surface area contributed by atoms with Crippen molar-refractivity contribution in [3.8, 4) is 6.07 Å². The maximum Gasteiger partial charge on any atom is 0.490 e. The number of carboxylic acids is 2. The zero-order chi connectivity index (χ0) is 19.5. The molecule has 1 heterocycles. The predicted molar refractivity (Wildman–Crippen MR) is 72.9 cm³/mol. The Morgan fingerprint density at radius 3 is 2.32 bits per heavy atom. The molecule has 0 aromatic carbocycles. The van der Waals surface area contributed by atoms with Crippen LogP contribution in [0.15, 0.2) is 18.5 Å². The minimum Gasteiger partial charge on any atom is -0.481 e. The first-order valence-corrected chi connectivity index (χ1v) is 6.60. The number of rotatable bonds is 6. The third-order valence-electron chi connectivity index (χ3n) is 2.35. The number of amides is 1. The second-order valence-electron chi connectivity index (χ2n) is 4.29. The van der Waals surface area contributed by atoms with E-state index in [0.29, 0.717) is 12.1 Å². The van der Waals surface area contributed by atoms with Crippen LogP contribution in [-0.4, -0.2) is 45.9 Å². The molecule has 136 valence electrons. The van der Waals surface area contributed by atoms with Crippen molar-refractivity contribution in [2.75, 3.05) is 6.54 Å². The lowest BCUT2D eigenvalue weighted by molar-refractivity contribution is -0.753. The number of nitrogens with zero attached hydrogens (tertiary/aromatic N) is 3. The van der Waals surface area contributed by atoms with Crippen molar-refractivity contribution < 1.29 is 42.4 Å². The van der Waals surface area contributed by atoms with Gasteiger partial charge in [0, 0.05) is 12.6 Å². The van der Waals surface area contributed by atoms with Crippen LogP contribution < -0.4 is 10.00 Å². The van der Waals surface area contributed by atoms with Crippen LogP contribution in [0.3, 0.4) is 0 Å². The zero-order valence-electron chi connectivity index (χ0n) is 12.7. The van der Waals surface area contributed by atoms with Crippen molar-refractivity contribution in [1.29, 1.82) is 5.26 Å². The molecular formula is C13H14F3N4O5+. The second kappa shape index (κ2) is 10.5. The van der Waals surface area contributed by atoms with E-state index < -0.39 is 18.1 Å². The SMILES string of the molecule is N#CCCNC(=O)c1cc[n+](CCC(=O)O)nc1.O=C(O)C(F)(F)F. The Morgan fingerprint density at radius 2 is 1.92 bits per heavy atom. The zero-order valence-corrected chi connectivity index (χ0v) is 12.7. The summed E-state index contributed by atoms with van der Waals surface area (Å²) in [5.41, 5.74) is 0.375. The van der Waals surface area contributed by atoms with E-state index in [2.05, 4.69) is 10.4 Å². The van der Waals surface area contributed by atoms with Crippen LogP contribution in [0.5, 0.6) is 0 Å². The molecule has 0 aliphatic heterocycles. The summed E-state index contributed by atoms with van der Waals surface area (Å²) in [5.74, 6) is -3.96. The summed E-state index contributed by atoms with van der Waals surface area (Å²) in [5, 5.41) is 30.4. The molecule has 12 heteroatoms. The Morgan fingerprint density at radius 1 is 1.32 bits per heavy atom. The van der Waals surface area contributed by atoms with Crippen LogP contribution in [0, 0.1) is 11.3 Å². The van der Waals surface area contributed by atoms with Crippen LogP contribution in [0.2, 0.25) is 0 Å². The Balaban J connectivity index is 0.000000697. The number of halogens is 3. The molecule has 0 spiro atoms. The highest BCUT2D eigenvalue weighted by Gasteiger charge is 2.38. The van der Waals surface area contributed by atoms with Crippen LogP contribution in [-0.2, 0) is 16.1 Å². The highest BCUT2D eigenvalue weighted by atomic mass is 19.4. The van der Waals surface area contributed by atoms with Crippen LogP contribution in [0.4, 0.5) is 13.2 Å². The average Bonchev–Trinajstić information content (AvgIpc) is 2.53. The lowest BCUT2D eigenvalue weighted by Crippen LogP contribution is -2.39. The first kappa shape index (κ1) is 21.8. The van der Waals surface area contributed by atoms with Crippen molar-refractivity contribution in [2.24, 2.45) is 0 Å². The number of nitriles is 1. The number of aromatic nitrogens is 2. The fourth-order valence-electron chi connectivity index (χ4n) is 1.19. The molecule has 3 N–H and O–H groups in total. The molecule has 9 nitrogen and oxygen atoms in total. The molecule has 1 aromatic heterocycles. The van der Waals surface area contributed by atoms with E-state index in [1.54, 1.807) is 12.3 Å². The van der Waals surface area contributed by atoms with Crippen molar-refractivity contribution in [2.45, 2.75) is 25.6 Å². The largest absolute Gasteiger partial charge is 0.490 e. The highest BCUT2D eigenvalue weighted by molar-refractivity contribution is 5.93. The molecular weight excluding hydrogens is 349 g/mol. The normalized spacial score (nSPS) is 10.0. The molecule has 25 heavy (non-hydrogen) atoms. The van der Waals surface area contributed by atoms with E-state index in [1.165, 1.54) is 10.9 Å². The van der Waals surface area contributed by atoms with Gasteiger partial charge in [0.15, 0.2) is 12.7 Å². The monoisotopic (exact) mass is 363 g/mol. The first-order valence-electron chi connectivity index (χ1n) is 6.60. The van der Waals surface area contributed by atoms with E-state index in [-0.39, 0.29) is 25.3 Å². The molecule has 1 rings (SSSR count). The Kier molecular flexibility index (Phi) is 9.17. The molecule has 0 saturated carbocycles. The molecule has 0 bridgehead atoms. The summed E-state index contributed by atoms with van der Waals surface area (Å²) >= 11 is 0. The van der Waals surface area contributed by atoms with Gasteiger partial charge in [-0.05, 0) is 5.10 Å². The number of aliphatic carboxylic acids is 2. The topological polar surface area (TPSA) is 144 Å². The predicted octanol–water partition coefficient (Wildman–Crippen LogP) is 0.121. The Bertz CT molecular complexity index is 641. The fraction of sp³-hybridized carbons (Fsp3) is 0.385. The van der Waals surface area contributed by atoms with Gasteiger partial charge < -0.3 is 15.5 Å². The van der Waals surface area contributed by atoms with Crippen molar-refractivity contribution in [3.63, 3.8) is 0 Å².